The van der Waals surface area contributed by atoms with Gasteiger partial charge in [-0.1, -0.05) is 17.7 Å². The lowest BCUT2D eigenvalue weighted by molar-refractivity contribution is -0.107. The number of hydrogen-bond acceptors (Lipinski definition) is 6. The number of nitrogens with zero attached hydrogens (tertiary/aromatic N) is 3. The highest BCUT2D eigenvalue weighted by Crippen LogP contribution is 2.29. The van der Waals surface area contributed by atoms with Crippen LogP contribution in [0.25, 0.3) is 22.0 Å². The van der Waals surface area contributed by atoms with Gasteiger partial charge in [0.25, 0.3) is 15.6 Å². The summed E-state index contributed by atoms with van der Waals surface area (Å²) in [4.78, 5) is 31.8. The summed E-state index contributed by atoms with van der Waals surface area (Å²) >= 11 is 5.94. The van der Waals surface area contributed by atoms with Crippen molar-refractivity contribution in [3.63, 3.8) is 0 Å². The van der Waals surface area contributed by atoms with E-state index in [0.29, 0.717) is 47.1 Å². The maximum atomic E-state index is 13.4. The Hall–Kier alpha value is -3.63. The second-order valence-corrected chi connectivity index (χ2v) is 9.88. The number of rotatable bonds is 8. The highest BCUT2D eigenvalue weighted by Gasteiger charge is 2.20. The Kier molecular flexibility index (Phi) is 6.95. The molecule has 1 N–H and O–H groups in total. The van der Waals surface area contributed by atoms with Gasteiger partial charge in [-0.3, -0.25) is 19.1 Å². The average molecular weight is 515 g/mol. The molecule has 8 nitrogen and oxygen atoms in total. The van der Waals surface area contributed by atoms with Crippen LogP contribution in [0.5, 0.6) is 0 Å². The monoisotopic (exact) mass is 514 g/mol. The van der Waals surface area contributed by atoms with Crippen LogP contribution in [0.15, 0.2) is 64.7 Å². The van der Waals surface area contributed by atoms with Gasteiger partial charge in [-0.2, -0.15) is 0 Å². The lowest BCUT2D eigenvalue weighted by Crippen LogP contribution is -2.20. The predicted molar refractivity (Wildman–Crippen MR) is 131 cm³/mol. The maximum Gasteiger partial charge on any atom is 0.263 e. The zero-order valence-electron chi connectivity index (χ0n) is 18.5. The summed E-state index contributed by atoms with van der Waals surface area (Å²) in [7, 11) is -4.12. The van der Waals surface area contributed by atoms with E-state index in [4.69, 9.17) is 11.6 Å². The second kappa shape index (κ2) is 9.93. The van der Waals surface area contributed by atoms with E-state index in [2.05, 4.69) is 14.7 Å². The molecule has 2 aromatic heterocycles. The first kappa shape index (κ1) is 24.5. The minimum atomic E-state index is -4.12. The van der Waals surface area contributed by atoms with Gasteiger partial charge in [-0.25, -0.2) is 17.8 Å². The molecule has 4 rings (SSSR count). The quantitative estimate of drug-likeness (QED) is 0.276. The lowest BCUT2D eigenvalue weighted by atomic mass is 10.0. The third-order valence-electron chi connectivity index (χ3n) is 5.39. The molecule has 0 amide bonds. The SMILES string of the molecule is Cc1ncc(-c2ccc3ncn(CCCC=O)c(=O)c3c2)cc1NS(=O)(=O)c1ccc(F)cc1Cl. The molecule has 0 radical (unpaired) electrons. The first-order valence-corrected chi connectivity index (χ1v) is 12.4. The molecule has 0 fully saturated rings. The second-order valence-electron chi connectivity index (χ2n) is 7.82. The van der Waals surface area contributed by atoms with E-state index in [9.17, 15) is 22.4 Å². The van der Waals surface area contributed by atoms with Crippen LogP contribution in [0.3, 0.4) is 0 Å². The van der Waals surface area contributed by atoms with Crippen LogP contribution in [0.4, 0.5) is 10.1 Å². The minimum Gasteiger partial charge on any atom is -0.303 e. The molecule has 35 heavy (non-hydrogen) atoms. The molecular weight excluding hydrogens is 495 g/mol. The Morgan fingerprint density at radius 3 is 2.66 bits per heavy atom. The number of carbonyl (C=O) groups excluding carboxylic acids is 1. The summed E-state index contributed by atoms with van der Waals surface area (Å²) in [5.41, 5.74) is 2.09. The normalized spacial score (nSPS) is 11.5. The summed E-state index contributed by atoms with van der Waals surface area (Å²) in [5.74, 6) is -0.651. The Morgan fingerprint density at radius 1 is 1.11 bits per heavy atom. The van der Waals surface area contributed by atoms with Crippen molar-refractivity contribution in [2.24, 2.45) is 0 Å². The molecule has 0 bridgehead atoms. The van der Waals surface area contributed by atoms with E-state index in [1.807, 2.05) is 0 Å². The van der Waals surface area contributed by atoms with Crippen molar-refractivity contribution < 1.29 is 17.6 Å². The number of aryl methyl sites for hydroxylation is 2. The largest absolute Gasteiger partial charge is 0.303 e. The third-order valence-corrected chi connectivity index (χ3v) is 7.24. The Balaban J connectivity index is 1.71. The molecule has 0 saturated heterocycles. The van der Waals surface area contributed by atoms with Crippen LogP contribution >= 0.6 is 11.6 Å². The van der Waals surface area contributed by atoms with Crippen molar-refractivity contribution >= 4 is 44.5 Å². The molecule has 2 aromatic carbocycles. The molecule has 11 heteroatoms. The topological polar surface area (TPSA) is 111 Å². The van der Waals surface area contributed by atoms with Crippen molar-refractivity contribution in [3.05, 3.63) is 81.9 Å². The third kappa shape index (κ3) is 5.23. The summed E-state index contributed by atoms with van der Waals surface area (Å²) in [6, 6.07) is 9.74. The number of fused-ring (bicyclic) bond motifs is 1. The van der Waals surface area contributed by atoms with Crippen LogP contribution in [-0.2, 0) is 21.4 Å². The van der Waals surface area contributed by atoms with Crippen LogP contribution in [0.2, 0.25) is 5.02 Å². The number of pyridine rings is 1. The first-order chi connectivity index (χ1) is 16.7. The number of halogens is 2. The molecule has 0 aliphatic rings. The average Bonchev–Trinajstić information content (AvgIpc) is 2.81. The smallest absolute Gasteiger partial charge is 0.263 e. The van der Waals surface area contributed by atoms with Gasteiger partial charge in [0.1, 0.15) is 17.0 Å². The molecule has 180 valence electrons. The summed E-state index contributed by atoms with van der Waals surface area (Å²) < 4.78 is 43.0. The highest BCUT2D eigenvalue weighted by atomic mass is 35.5. The molecule has 0 spiro atoms. The zero-order valence-corrected chi connectivity index (χ0v) is 20.1. The number of anilines is 1. The van der Waals surface area contributed by atoms with Crippen LogP contribution in [0, 0.1) is 12.7 Å². The molecule has 0 aliphatic carbocycles. The number of benzene rings is 2. The number of carbonyl (C=O) groups is 1. The Bertz CT molecular complexity index is 1610. The number of aromatic nitrogens is 3. The van der Waals surface area contributed by atoms with Gasteiger partial charge in [0.05, 0.1) is 33.6 Å². The standard InChI is InChI=1S/C24H20ClFN4O4S/c1-15-22(29-35(33,34)23-7-5-18(26)12-20(23)25)11-17(13-27-15)16-4-6-21-19(10-16)24(32)30(14-28-21)8-2-3-9-31/h4-7,9-14,29H,2-3,8H2,1H3. The van der Waals surface area contributed by atoms with Gasteiger partial charge in [-0.05, 0) is 55.3 Å². The van der Waals surface area contributed by atoms with E-state index in [1.54, 1.807) is 37.4 Å². The fourth-order valence-corrected chi connectivity index (χ4v) is 5.17. The van der Waals surface area contributed by atoms with Crippen LogP contribution in [-0.4, -0.2) is 29.2 Å². The van der Waals surface area contributed by atoms with Crippen molar-refractivity contribution in [2.75, 3.05) is 4.72 Å². The summed E-state index contributed by atoms with van der Waals surface area (Å²) in [6.45, 7) is 2.00. The Morgan fingerprint density at radius 2 is 1.91 bits per heavy atom. The molecule has 0 saturated carbocycles. The van der Waals surface area contributed by atoms with Gasteiger partial charge in [0.2, 0.25) is 0 Å². The minimum absolute atomic E-state index is 0.209. The number of sulfonamides is 1. The lowest BCUT2D eigenvalue weighted by Gasteiger charge is -2.13. The molecule has 2 heterocycles. The van der Waals surface area contributed by atoms with Crippen molar-refractivity contribution in [1.82, 2.24) is 14.5 Å². The van der Waals surface area contributed by atoms with E-state index in [1.165, 1.54) is 10.9 Å². The fraction of sp³-hybridized carbons (Fsp3) is 0.167. The number of unbranched alkanes of at least 4 members (excludes halogenated alkanes) is 1. The van der Waals surface area contributed by atoms with Gasteiger partial charge in [0, 0.05) is 24.7 Å². The predicted octanol–water partition coefficient (Wildman–Crippen LogP) is 4.34. The molecule has 0 aliphatic heterocycles. The molecule has 4 aromatic rings. The highest BCUT2D eigenvalue weighted by molar-refractivity contribution is 7.92. The Labute approximate surface area is 205 Å². The van der Waals surface area contributed by atoms with Crippen molar-refractivity contribution in [3.8, 4) is 11.1 Å². The number of nitrogens with one attached hydrogen (secondary N) is 1. The fourth-order valence-electron chi connectivity index (χ4n) is 3.53. The van der Waals surface area contributed by atoms with Crippen molar-refractivity contribution in [1.29, 1.82) is 0 Å². The van der Waals surface area contributed by atoms with E-state index in [0.717, 1.165) is 24.5 Å². The van der Waals surface area contributed by atoms with E-state index in [-0.39, 0.29) is 21.2 Å². The molecule has 0 unspecified atom stereocenters. The van der Waals surface area contributed by atoms with E-state index >= 15 is 0 Å². The van der Waals surface area contributed by atoms with Gasteiger partial charge in [-0.15, -0.1) is 0 Å². The van der Waals surface area contributed by atoms with Gasteiger partial charge >= 0.3 is 0 Å². The van der Waals surface area contributed by atoms with Gasteiger partial charge in [0.15, 0.2) is 0 Å². The summed E-state index contributed by atoms with van der Waals surface area (Å²) in [5, 5.41) is 0.141. The molecule has 0 atom stereocenters. The van der Waals surface area contributed by atoms with Crippen LogP contribution in [0.1, 0.15) is 18.5 Å². The summed E-state index contributed by atoms with van der Waals surface area (Å²) in [6.07, 6.45) is 4.70. The number of aldehydes is 1. The maximum absolute atomic E-state index is 13.4. The van der Waals surface area contributed by atoms with Gasteiger partial charge < -0.3 is 4.79 Å². The van der Waals surface area contributed by atoms with Crippen molar-refractivity contribution in [2.45, 2.75) is 31.2 Å². The first-order valence-electron chi connectivity index (χ1n) is 10.6. The number of hydrogen-bond donors (Lipinski definition) is 1. The van der Waals surface area contributed by atoms with Crippen LogP contribution < -0.4 is 10.3 Å². The zero-order chi connectivity index (χ0) is 25.2. The molecular formula is C24H20ClFN4O4S. The van der Waals surface area contributed by atoms with E-state index < -0.39 is 15.8 Å².